The molecule has 39 heavy (non-hydrogen) atoms. The second-order valence-electron chi connectivity index (χ2n) is 8.83. The van der Waals surface area contributed by atoms with Crippen molar-refractivity contribution in [1.82, 2.24) is 4.57 Å². The molecule has 4 rings (SSSR count). The fraction of sp³-hybridized carbons (Fsp3) is 0.286. The average molecular weight is 571 g/mol. The van der Waals surface area contributed by atoms with E-state index in [-0.39, 0.29) is 23.8 Å². The number of benzene rings is 2. The van der Waals surface area contributed by atoms with Gasteiger partial charge in [0.25, 0.3) is 5.56 Å². The van der Waals surface area contributed by atoms with Gasteiger partial charge in [-0.25, -0.2) is 14.6 Å². The van der Waals surface area contributed by atoms with Gasteiger partial charge < -0.3 is 18.9 Å². The minimum atomic E-state index is -0.813. The zero-order valence-corrected chi connectivity index (χ0v) is 23.6. The van der Waals surface area contributed by atoms with Gasteiger partial charge in [-0.3, -0.25) is 9.36 Å². The van der Waals surface area contributed by atoms with Crippen LogP contribution in [0.2, 0.25) is 5.02 Å². The predicted molar refractivity (Wildman–Crippen MR) is 147 cm³/mol. The highest BCUT2D eigenvalue weighted by molar-refractivity contribution is 7.07. The molecular formula is C28H27ClN2O7S. The number of carbonyl (C=O) groups excluding carboxylic acids is 2. The van der Waals surface area contributed by atoms with Gasteiger partial charge >= 0.3 is 11.9 Å². The maximum Gasteiger partial charge on any atom is 0.343 e. The average Bonchev–Trinajstić information content (AvgIpc) is 3.20. The summed E-state index contributed by atoms with van der Waals surface area (Å²) in [5, 5.41) is 0.411. The molecule has 0 saturated heterocycles. The third kappa shape index (κ3) is 5.91. The number of rotatable bonds is 8. The standard InChI is InChI=1S/C28H27ClN2O7S/c1-15(2)38-27(34)24-16(3)30-28-31(25(24)18-8-6-7-9-19(18)29)26(33)22(39-28)13-17-10-11-20(21(12-17)35-4)37-14-23(32)36-5/h6-13,15,25H,14H2,1-5H3. The highest BCUT2D eigenvalue weighted by Crippen LogP contribution is 2.34. The van der Waals surface area contributed by atoms with Gasteiger partial charge in [-0.15, -0.1) is 0 Å². The van der Waals surface area contributed by atoms with E-state index in [2.05, 4.69) is 9.73 Å². The maximum atomic E-state index is 13.8. The minimum absolute atomic E-state index is 0.254. The van der Waals surface area contributed by atoms with Crippen molar-refractivity contribution in [1.29, 1.82) is 0 Å². The smallest absolute Gasteiger partial charge is 0.343 e. The van der Waals surface area contributed by atoms with Crippen molar-refractivity contribution in [2.45, 2.75) is 32.9 Å². The Hall–Kier alpha value is -3.89. The number of methoxy groups -OCH3 is 2. The summed E-state index contributed by atoms with van der Waals surface area (Å²) >= 11 is 7.75. The largest absolute Gasteiger partial charge is 0.493 e. The molecule has 9 nitrogen and oxygen atoms in total. The minimum Gasteiger partial charge on any atom is -0.493 e. The van der Waals surface area contributed by atoms with Crippen LogP contribution < -0.4 is 24.4 Å². The van der Waals surface area contributed by atoms with E-state index in [4.69, 9.17) is 25.8 Å². The number of fused-ring (bicyclic) bond motifs is 1. The summed E-state index contributed by atoms with van der Waals surface area (Å²) in [7, 11) is 2.75. The van der Waals surface area contributed by atoms with Crippen LogP contribution in [0.3, 0.4) is 0 Å². The topological polar surface area (TPSA) is 105 Å². The fourth-order valence-corrected chi connectivity index (χ4v) is 5.38. The van der Waals surface area contributed by atoms with E-state index in [1.807, 2.05) is 0 Å². The Labute approximate surface area is 233 Å². The summed E-state index contributed by atoms with van der Waals surface area (Å²) < 4.78 is 22.9. The molecule has 0 fully saturated rings. The lowest BCUT2D eigenvalue weighted by molar-refractivity contribution is -0.144. The number of ether oxygens (including phenoxy) is 4. The Morgan fingerprint density at radius 3 is 2.56 bits per heavy atom. The predicted octanol–water partition coefficient (Wildman–Crippen LogP) is 3.40. The normalized spacial score (nSPS) is 15.1. The Morgan fingerprint density at radius 1 is 1.15 bits per heavy atom. The Kier molecular flexibility index (Phi) is 8.57. The van der Waals surface area contributed by atoms with Gasteiger partial charge in [-0.1, -0.05) is 47.2 Å². The first-order valence-corrected chi connectivity index (χ1v) is 13.2. The summed E-state index contributed by atoms with van der Waals surface area (Å²) in [4.78, 5) is 43.4. The van der Waals surface area contributed by atoms with Crippen molar-refractivity contribution in [2.75, 3.05) is 20.8 Å². The van der Waals surface area contributed by atoms with Gasteiger partial charge in [0.15, 0.2) is 22.9 Å². The van der Waals surface area contributed by atoms with Crippen molar-refractivity contribution in [2.24, 2.45) is 4.99 Å². The molecule has 0 bridgehead atoms. The van der Waals surface area contributed by atoms with Crippen LogP contribution in [0.1, 0.15) is 37.9 Å². The van der Waals surface area contributed by atoms with Crippen LogP contribution in [0.25, 0.3) is 6.08 Å². The zero-order chi connectivity index (χ0) is 28.3. The molecule has 204 valence electrons. The highest BCUT2D eigenvalue weighted by atomic mass is 35.5. The number of thiazole rings is 1. The first kappa shape index (κ1) is 28.1. The molecule has 1 aromatic heterocycles. The number of esters is 2. The molecule has 0 saturated carbocycles. The molecule has 0 N–H and O–H groups in total. The molecule has 1 aliphatic heterocycles. The van der Waals surface area contributed by atoms with Crippen molar-refractivity contribution >= 4 is 41.0 Å². The van der Waals surface area contributed by atoms with Crippen molar-refractivity contribution in [3.05, 3.63) is 89.6 Å². The second-order valence-corrected chi connectivity index (χ2v) is 10.2. The second kappa shape index (κ2) is 11.9. The van der Waals surface area contributed by atoms with E-state index in [1.165, 1.54) is 30.1 Å². The van der Waals surface area contributed by atoms with E-state index >= 15 is 0 Å². The summed E-state index contributed by atoms with van der Waals surface area (Å²) in [5.74, 6) is -0.354. The first-order valence-electron chi connectivity index (χ1n) is 12.0. The van der Waals surface area contributed by atoms with Crippen LogP contribution in [0, 0.1) is 0 Å². The van der Waals surface area contributed by atoms with Gasteiger partial charge in [-0.05, 0) is 56.2 Å². The maximum absolute atomic E-state index is 13.8. The number of hydrogen-bond donors (Lipinski definition) is 0. The SMILES string of the molecule is COC(=O)COc1ccc(C=c2sc3n(c2=O)C(c2ccccc2Cl)C(C(=O)OC(C)C)=C(C)N=3)cc1OC. The van der Waals surface area contributed by atoms with Crippen molar-refractivity contribution in [3.8, 4) is 11.5 Å². The molecule has 0 amide bonds. The van der Waals surface area contributed by atoms with E-state index in [0.717, 1.165) is 0 Å². The van der Waals surface area contributed by atoms with Crippen LogP contribution >= 0.6 is 22.9 Å². The number of nitrogens with zero attached hydrogens (tertiary/aromatic N) is 2. The number of hydrogen-bond acceptors (Lipinski definition) is 9. The van der Waals surface area contributed by atoms with Crippen LogP contribution in [0.15, 0.2) is 63.5 Å². The van der Waals surface area contributed by atoms with Crippen LogP contribution in [-0.4, -0.2) is 43.4 Å². The van der Waals surface area contributed by atoms with Crippen LogP contribution in [-0.2, 0) is 19.1 Å². The van der Waals surface area contributed by atoms with E-state index < -0.39 is 18.0 Å². The summed E-state index contributed by atoms with van der Waals surface area (Å²) in [6, 6.07) is 11.3. The monoisotopic (exact) mass is 570 g/mol. The number of aromatic nitrogens is 1. The van der Waals surface area contributed by atoms with Crippen LogP contribution in [0.4, 0.5) is 0 Å². The lowest BCUT2D eigenvalue weighted by Crippen LogP contribution is -2.40. The third-order valence-electron chi connectivity index (χ3n) is 5.84. The Morgan fingerprint density at radius 2 is 1.90 bits per heavy atom. The van der Waals surface area contributed by atoms with E-state index in [9.17, 15) is 14.4 Å². The van der Waals surface area contributed by atoms with Gasteiger partial charge in [0, 0.05) is 5.02 Å². The summed E-state index contributed by atoms with van der Waals surface area (Å²) in [6.07, 6.45) is 1.34. The molecule has 11 heteroatoms. The molecule has 2 aromatic carbocycles. The molecule has 3 aromatic rings. The summed E-state index contributed by atoms with van der Waals surface area (Å²) in [6.45, 7) is 4.96. The molecular weight excluding hydrogens is 544 g/mol. The first-order chi connectivity index (χ1) is 18.6. The lowest BCUT2D eigenvalue weighted by Gasteiger charge is -2.26. The van der Waals surface area contributed by atoms with E-state index in [1.54, 1.807) is 69.3 Å². The molecule has 0 radical (unpaired) electrons. The Bertz CT molecular complexity index is 1640. The fourth-order valence-electron chi connectivity index (χ4n) is 4.09. The number of allylic oxidation sites excluding steroid dienone is 1. The third-order valence-corrected chi connectivity index (χ3v) is 7.17. The Balaban J connectivity index is 1.84. The number of carbonyl (C=O) groups is 2. The van der Waals surface area contributed by atoms with Gasteiger partial charge in [0.05, 0.1) is 36.1 Å². The van der Waals surface area contributed by atoms with Crippen molar-refractivity contribution in [3.63, 3.8) is 0 Å². The van der Waals surface area contributed by atoms with Crippen molar-refractivity contribution < 1.29 is 28.5 Å². The quantitative estimate of drug-likeness (QED) is 0.382. The van der Waals surface area contributed by atoms with Gasteiger partial charge in [-0.2, -0.15) is 0 Å². The molecule has 0 aliphatic carbocycles. The zero-order valence-electron chi connectivity index (χ0n) is 22.0. The van der Waals surface area contributed by atoms with E-state index in [0.29, 0.717) is 42.7 Å². The molecule has 1 aliphatic rings. The highest BCUT2D eigenvalue weighted by Gasteiger charge is 2.34. The van der Waals surface area contributed by atoms with Gasteiger partial charge in [0.2, 0.25) is 0 Å². The lowest BCUT2D eigenvalue weighted by atomic mass is 9.96. The summed E-state index contributed by atoms with van der Waals surface area (Å²) in [5.41, 5.74) is 1.62. The van der Waals surface area contributed by atoms with Crippen LogP contribution in [0.5, 0.6) is 11.5 Å². The molecule has 1 atom stereocenters. The van der Waals surface area contributed by atoms with Gasteiger partial charge in [0.1, 0.15) is 6.04 Å². The number of halogens is 1. The molecule has 1 unspecified atom stereocenters. The molecule has 2 heterocycles. The molecule has 0 spiro atoms.